The minimum atomic E-state index is -0.234. The first-order valence-corrected chi connectivity index (χ1v) is 7.19. The number of hydrogen-bond acceptors (Lipinski definition) is 4. The molecule has 0 N–H and O–H groups in total. The Balaban J connectivity index is 2.11. The number of ketones is 1. The van der Waals surface area contributed by atoms with E-state index in [0.29, 0.717) is 11.5 Å². The van der Waals surface area contributed by atoms with Crippen LogP contribution in [-0.4, -0.2) is 20.6 Å². The van der Waals surface area contributed by atoms with Crippen LogP contribution in [0.15, 0.2) is 35.0 Å². The van der Waals surface area contributed by atoms with E-state index in [-0.39, 0.29) is 16.5 Å². The quantitative estimate of drug-likeness (QED) is 0.598. The van der Waals surface area contributed by atoms with Gasteiger partial charge in [0.25, 0.3) is 5.89 Å². The molecular formula is C14H15BrN2O2. The molecule has 1 atom stereocenters. The van der Waals surface area contributed by atoms with Crippen LogP contribution in [0.2, 0.25) is 0 Å². The lowest BCUT2D eigenvalue weighted by Crippen LogP contribution is -2.14. The first-order chi connectivity index (χ1) is 9.22. The summed E-state index contributed by atoms with van der Waals surface area (Å²) < 4.78 is 5.48. The predicted molar refractivity (Wildman–Crippen MR) is 76.3 cm³/mol. The standard InChI is InChI=1S/C14H15BrN2O2/c1-2-3-6-10(15)13(18)14-17-9-12(19-14)11-7-4-5-8-16-11/h4-5,7-10H,2-3,6H2,1H3. The van der Waals surface area contributed by atoms with Crippen LogP contribution in [0.5, 0.6) is 0 Å². The highest BCUT2D eigenvalue weighted by atomic mass is 79.9. The second kappa shape index (κ2) is 6.61. The Morgan fingerprint density at radius 1 is 1.42 bits per heavy atom. The van der Waals surface area contributed by atoms with E-state index in [2.05, 4.69) is 32.8 Å². The van der Waals surface area contributed by atoms with Gasteiger partial charge in [-0.05, 0) is 18.6 Å². The third-order valence-electron chi connectivity index (χ3n) is 2.73. The molecule has 4 nitrogen and oxygen atoms in total. The van der Waals surface area contributed by atoms with Crippen molar-refractivity contribution in [1.29, 1.82) is 0 Å². The lowest BCUT2D eigenvalue weighted by atomic mass is 10.1. The van der Waals surface area contributed by atoms with Crippen LogP contribution in [0.4, 0.5) is 0 Å². The van der Waals surface area contributed by atoms with Crippen LogP contribution in [0.3, 0.4) is 0 Å². The van der Waals surface area contributed by atoms with Crippen molar-refractivity contribution in [3.8, 4) is 11.5 Å². The van der Waals surface area contributed by atoms with E-state index in [1.165, 1.54) is 6.20 Å². The molecule has 1 unspecified atom stereocenters. The van der Waals surface area contributed by atoms with Gasteiger partial charge in [0.2, 0.25) is 5.78 Å². The first kappa shape index (κ1) is 13.9. The van der Waals surface area contributed by atoms with E-state index in [1.807, 2.05) is 18.2 Å². The summed E-state index contributed by atoms with van der Waals surface area (Å²) in [6.07, 6.45) is 6.05. The van der Waals surface area contributed by atoms with Gasteiger partial charge in [0, 0.05) is 6.20 Å². The molecule has 2 heterocycles. The van der Waals surface area contributed by atoms with Crippen LogP contribution in [-0.2, 0) is 0 Å². The number of halogens is 1. The Kier molecular flexibility index (Phi) is 4.85. The van der Waals surface area contributed by atoms with Crippen molar-refractivity contribution in [2.75, 3.05) is 0 Å². The Morgan fingerprint density at radius 2 is 2.26 bits per heavy atom. The summed E-state index contributed by atoms with van der Waals surface area (Å²) in [4.78, 5) is 20.0. The fraction of sp³-hybridized carbons (Fsp3) is 0.357. The van der Waals surface area contributed by atoms with Gasteiger partial charge in [-0.1, -0.05) is 41.8 Å². The Bertz CT molecular complexity index is 539. The minimum Gasteiger partial charge on any atom is -0.432 e. The van der Waals surface area contributed by atoms with Gasteiger partial charge in [-0.15, -0.1) is 0 Å². The van der Waals surface area contributed by atoms with Crippen molar-refractivity contribution in [3.63, 3.8) is 0 Å². The molecule has 19 heavy (non-hydrogen) atoms. The molecule has 0 fully saturated rings. The Hall–Kier alpha value is -1.49. The topological polar surface area (TPSA) is 56.0 Å². The highest BCUT2D eigenvalue weighted by Crippen LogP contribution is 2.21. The van der Waals surface area contributed by atoms with Crippen molar-refractivity contribution in [1.82, 2.24) is 9.97 Å². The monoisotopic (exact) mass is 322 g/mol. The molecule has 0 aliphatic heterocycles. The molecule has 0 bridgehead atoms. The zero-order valence-corrected chi connectivity index (χ0v) is 12.3. The third kappa shape index (κ3) is 3.50. The number of alkyl halides is 1. The van der Waals surface area contributed by atoms with Crippen LogP contribution in [0.25, 0.3) is 11.5 Å². The molecule has 2 aromatic rings. The number of hydrogen-bond donors (Lipinski definition) is 0. The van der Waals surface area contributed by atoms with Gasteiger partial charge in [0.1, 0.15) is 5.69 Å². The number of Topliss-reactive ketones (excluding diaryl/α,β-unsaturated/α-hetero) is 1. The number of oxazole rings is 1. The number of carbonyl (C=O) groups excluding carboxylic acids is 1. The summed E-state index contributed by atoms with van der Waals surface area (Å²) in [6.45, 7) is 2.09. The molecule has 0 spiro atoms. The van der Waals surface area contributed by atoms with Gasteiger partial charge < -0.3 is 4.42 Å². The average Bonchev–Trinajstić information content (AvgIpc) is 2.94. The summed E-state index contributed by atoms with van der Waals surface area (Å²) in [5, 5.41) is 0. The van der Waals surface area contributed by atoms with Gasteiger partial charge in [-0.25, -0.2) is 4.98 Å². The first-order valence-electron chi connectivity index (χ1n) is 6.28. The molecule has 100 valence electrons. The maximum atomic E-state index is 12.1. The minimum absolute atomic E-state index is 0.115. The molecule has 0 saturated carbocycles. The number of carbonyl (C=O) groups is 1. The molecule has 0 aromatic carbocycles. The molecule has 5 heteroatoms. The molecule has 0 aliphatic rings. The van der Waals surface area contributed by atoms with Crippen molar-refractivity contribution >= 4 is 21.7 Å². The highest BCUT2D eigenvalue weighted by Gasteiger charge is 2.21. The number of unbranched alkanes of at least 4 members (excludes halogenated alkanes) is 1. The Labute approximate surface area is 120 Å². The predicted octanol–water partition coefficient (Wildman–Crippen LogP) is 3.87. The van der Waals surface area contributed by atoms with E-state index in [0.717, 1.165) is 19.3 Å². The third-order valence-corrected chi connectivity index (χ3v) is 3.60. The van der Waals surface area contributed by atoms with Crippen LogP contribution in [0, 0.1) is 0 Å². The largest absolute Gasteiger partial charge is 0.432 e. The molecule has 0 saturated heterocycles. The summed E-state index contributed by atoms with van der Waals surface area (Å²) in [5.41, 5.74) is 0.675. The van der Waals surface area contributed by atoms with Crippen LogP contribution in [0.1, 0.15) is 36.9 Å². The molecule has 0 aliphatic carbocycles. The Morgan fingerprint density at radius 3 is 2.95 bits per heavy atom. The van der Waals surface area contributed by atoms with E-state index in [9.17, 15) is 4.79 Å². The van der Waals surface area contributed by atoms with Gasteiger partial charge >= 0.3 is 0 Å². The normalized spacial score (nSPS) is 12.3. The van der Waals surface area contributed by atoms with Gasteiger partial charge in [0.15, 0.2) is 5.76 Å². The fourth-order valence-corrected chi connectivity index (χ4v) is 2.18. The lowest BCUT2D eigenvalue weighted by molar-refractivity contribution is 0.0955. The molecule has 2 rings (SSSR count). The van der Waals surface area contributed by atoms with Gasteiger partial charge in [0.05, 0.1) is 11.0 Å². The molecule has 0 amide bonds. The van der Waals surface area contributed by atoms with Gasteiger partial charge in [-0.3, -0.25) is 9.78 Å². The number of aromatic nitrogens is 2. The highest BCUT2D eigenvalue weighted by molar-refractivity contribution is 9.10. The van der Waals surface area contributed by atoms with Crippen molar-refractivity contribution in [3.05, 3.63) is 36.5 Å². The summed E-state index contributed by atoms with van der Waals surface area (Å²) in [6, 6.07) is 5.50. The van der Waals surface area contributed by atoms with Crippen molar-refractivity contribution in [2.24, 2.45) is 0 Å². The van der Waals surface area contributed by atoms with E-state index >= 15 is 0 Å². The van der Waals surface area contributed by atoms with Crippen LogP contribution < -0.4 is 0 Å². The maximum Gasteiger partial charge on any atom is 0.264 e. The van der Waals surface area contributed by atoms with E-state index < -0.39 is 0 Å². The second-order valence-corrected chi connectivity index (χ2v) is 5.32. The summed E-state index contributed by atoms with van der Waals surface area (Å²) in [7, 11) is 0. The zero-order valence-electron chi connectivity index (χ0n) is 10.7. The van der Waals surface area contributed by atoms with E-state index in [1.54, 1.807) is 6.20 Å². The van der Waals surface area contributed by atoms with Crippen molar-refractivity contribution < 1.29 is 9.21 Å². The molecular weight excluding hydrogens is 308 g/mol. The summed E-state index contributed by atoms with van der Waals surface area (Å²) in [5.74, 6) is 0.536. The molecule has 0 radical (unpaired) electrons. The number of nitrogens with zero attached hydrogens (tertiary/aromatic N) is 2. The molecule has 2 aromatic heterocycles. The number of rotatable bonds is 6. The van der Waals surface area contributed by atoms with Gasteiger partial charge in [-0.2, -0.15) is 0 Å². The second-order valence-electron chi connectivity index (χ2n) is 4.22. The average molecular weight is 323 g/mol. The SMILES string of the molecule is CCCCC(Br)C(=O)c1ncc(-c2ccccn2)o1. The number of pyridine rings is 1. The van der Waals surface area contributed by atoms with E-state index in [4.69, 9.17) is 4.42 Å². The fourth-order valence-electron chi connectivity index (χ4n) is 1.66. The summed E-state index contributed by atoms with van der Waals surface area (Å²) >= 11 is 3.38. The lowest BCUT2D eigenvalue weighted by Gasteiger charge is -2.04. The van der Waals surface area contributed by atoms with Crippen LogP contribution >= 0.6 is 15.9 Å². The maximum absolute atomic E-state index is 12.1. The smallest absolute Gasteiger partial charge is 0.264 e. The van der Waals surface area contributed by atoms with Crippen molar-refractivity contribution in [2.45, 2.75) is 31.0 Å². The zero-order chi connectivity index (χ0) is 13.7.